The second-order valence-corrected chi connectivity index (χ2v) is 4.79. The van der Waals surface area contributed by atoms with Gasteiger partial charge in [-0.3, -0.25) is 4.79 Å². The first kappa shape index (κ1) is 12.6. The predicted octanol–water partition coefficient (Wildman–Crippen LogP) is 2.30. The molecule has 1 aliphatic rings. The molecule has 0 amide bonds. The highest BCUT2D eigenvalue weighted by molar-refractivity contribution is 5.90. The molecule has 1 N–H and O–H groups in total. The molecule has 0 fully saturated rings. The van der Waals surface area contributed by atoms with E-state index in [2.05, 4.69) is 0 Å². The van der Waals surface area contributed by atoms with Crippen molar-refractivity contribution in [3.8, 4) is 11.1 Å². The van der Waals surface area contributed by atoms with E-state index in [1.807, 2.05) is 0 Å². The Hall–Kier alpha value is -2.43. The number of nitrogens with zero attached hydrogens (tertiary/aromatic N) is 1. The van der Waals surface area contributed by atoms with Crippen LogP contribution in [0.4, 0.5) is 4.39 Å². The molecular weight excluding hydrogens is 261 g/mol. The highest BCUT2D eigenvalue weighted by Gasteiger charge is 2.23. The van der Waals surface area contributed by atoms with Gasteiger partial charge in [-0.25, -0.2) is 9.18 Å². The molecule has 0 bridgehead atoms. The minimum Gasteiger partial charge on any atom is -0.478 e. The quantitative estimate of drug-likeness (QED) is 0.913. The van der Waals surface area contributed by atoms with Crippen molar-refractivity contribution in [2.75, 3.05) is 0 Å². The van der Waals surface area contributed by atoms with Crippen LogP contribution in [0.15, 0.2) is 35.1 Å². The van der Waals surface area contributed by atoms with Gasteiger partial charge in [0.25, 0.3) is 5.56 Å². The lowest BCUT2D eigenvalue weighted by atomic mass is 10.0. The van der Waals surface area contributed by atoms with Gasteiger partial charge in [-0.1, -0.05) is 12.1 Å². The standard InChI is InChI=1S/C15H12FNO3/c16-10-4-1-3-9(7-10)11-8-12(15(19)20)13-5-2-6-17(13)14(11)18/h1,3-4,7-8H,2,5-6H2,(H,19,20). The van der Waals surface area contributed by atoms with Crippen molar-refractivity contribution in [2.24, 2.45) is 0 Å². The number of carboxylic acids is 1. The van der Waals surface area contributed by atoms with Crippen LogP contribution in [-0.2, 0) is 13.0 Å². The molecule has 0 saturated heterocycles. The Labute approximate surface area is 114 Å². The van der Waals surface area contributed by atoms with Crippen LogP contribution in [0.3, 0.4) is 0 Å². The molecule has 5 heteroatoms. The van der Waals surface area contributed by atoms with E-state index in [0.717, 1.165) is 6.42 Å². The van der Waals surface area contributed by atoms with Crippen molar-refractivity contribution < 1.29 is 14.3 Å². The predicted molar refractivity (Wildman–Crippen MR) is 71.4 cm³/mol. The molecule has 0 radical (unpaired) electrons. The maximum absolute atomic E-state index is 13.3. The minimum absolute atomic E-state index is 0.126. The average Bonchev–Trinajstić information content (AvgIpc) is 2.88. The minimum atomic E-state index is -1.06. The Morgan fingerprint density at radius 3 is 2.80 bits per heavy atom. The molecular formula is C15H12FNO3. The van der Waals surface area contributed by atoms with Crippen LogP contribution in [0.1, 0.15) is 22.5 Å². The van der Waals surface area contributed by atoms with E-state index in [4.69, 9.17) is 0 Å². The molecule has 3 rings (SSSR count). The summed E-state index contributed by atoms with van der Waals surface area (Å²) >= 11 is 0. The normalized spacial score (nSPS) is 13.2. The molecule has 1 aromatic carbocycles. The molecule has 1 aromatic heterocycles. The Kier molecular flexibility index (Phi) is 2.89. The van der Waals surface area contributed by atoms with Gasteiger partial charge in [-0.05, 0) is 36.6 Å². The van der Waals surface area contributed by atoms with Crippen LogP contribution in [0.25, 0.3) is 11.1 Å². The van der Waals surface area contributed by atoms with E-state index in [0.29, 0.717) is 24.2 Å². The van der Waals surface area contributed by atoms with Crippen LogP contribution in [0, 0.1) is 5.82 Å². The number of benzene rings is 1. The van der Waals surface area contributed by atoms with Crippen molar-refractivity contribution in [1.82, 2.24) is 4.57 Å². The number of carbonyl (C=O) groups is 1. The third-order valence-corrected chi connectivity index (χ3v) is 3.56. The first-order valence-electron chi connectivity index (χ1n) is 6.34. The molecule has 102 valence electrons. The summed E-state index contributed by atoms with van der Waals surface area (Å²) in [5, 5.41) is 9.28. The van der Waals surface area contributed by atoms with Crippen molar-refractivity contribution >= 4 is 5.97 Å². The highest BCUT2D eigenvalue weighted by Crippen LogP contribution is 2.23. The van der Waals surface area contributed by atoms with E-state index in [9.17, 15) is 19.1 Å². The zero-order valence-corrected chi connectivity index (χ0v) is 10.6. The van der Waals surface area contributed by atoms with Crippen LogP contribution in [0.2, 0.25) is 0 Å². The number of halogens is 1. The van der Waals surface area contributed by atoms with Gasteiger partial charge in [-0.2, -0.15) is 0 Å². The highest BCUT2D eigenvalue weighted by atomic mass is 19.1. The number of aromatic carboxylic acids is 1. The summed E-state index contributed by atoms with van der Waals surface area (Å²) < 4.78 is 14.8. The smallest absolute Gasteiger partial charge is 0.337 e. The Balaban J connectivity index is 2.30. The third kappa shape index (κ3) is 1.91. The van der Waals surface area contributed by atoms with Crippen molar-refractivity contribution in [2.45, 2.75) is 19.4 Å². The molecule has 0 atom stereocenters. The van der Waals surface area contributed by atoms with Gasteiger partial charge >= 0.3 is 5.97 Å². The summed E-state index contributed by atoms with van der Waals surface area (Å²) in [5.74, 6) is -1.52. The Morgan fingerprint density at radius 2 is 2.10 bits per heavy atom. The van der Waals surface area contributed by atoms with Crippen molar-refractivity contribution in [3.63, 3.8) is 0 Å². The number of rotatable bonds is 2. The van der Waals surface area contributed by atoms with Gasteiger partial charge in [0.05, 0.1) is 5.56 Å². The summed E-state index contributed by atoms with van der Waals surface area (Å²) in [6.45, 7) is 0.512. The van der Waals surface area contributed by atoms with Gasteiger partial charge in [0.1, 0.15) is 5.82 Å². The second kappa shape index (κ2) is 4.59. The maximum atomic E-state index is 13.3. The van der Waals surface area contributed by atoms with Crippen LogP contribution in [-0.4, -0.2) is 15.6 Å². The molecule has 1 aliphatic heterocycles. The van der Waals surface area contributed by atoms with E-state index < -0.39 is 11.8 Å². The summed E-state index contributed by atoms with van der Waals surface area (Å²) in [5.41, 5.74) is 1.06. The fourth-order valence-electron chi connectivity index (χ4n) is 2.66. The number of hydrogen-bond donors (Lipinski definition) is 1. The van der Waals surface area contributed by atoms with Gasteiger partial charge in [0, 0.05) is 17.8 Å². The van der Waals surface area contributed by atoms with Gasteiger partial charge in [0.2, 0.25) is 0 Å². The maximum Gasteiger partial charge on any atom is 0.337 e. The van der Waals surface area contributed by atoms with E-state index in [1.165, 1.54) is 28.8 Å². The first-order valence-corrected chi connectivity index (χ1v) is 6.34. The monoisotopic (exact) mass is 273 g/mol. The molecule has 2 heterocycles. The number of carboxylic acid groups (broad SMARTS) is 1. The molecule has 20 heavy (non-hydrogen) atoms. The van der Waals surface area contributed by atoms with E-state index >= 15 is 0 Å². The fourth-order valence-corrected chi connectivity index (χ4v) is 2.66. The second-order valence-electron chi connectivity index (χ2n) is 4.79. The number of hydrogen-bond acceptors (Lipinski definition) is 2. The average molecular weight is 273 g/mol. The van der Waals surface area contributed by atoms with Gasteiger partial charge < -0.3 is 9.67 Å². The summed E-state index contributed by atoms with van der Waals surface area (Å²) in [4.78, 5) is 23.7. The Morgan fingerprint density at radius 1 is 1.30 bits per heavy atom. The van der Waals surface area contributed by atoms with E-state index in [-0.39, 0.29) is 16.7 Å². The zero-order valence-electron chi connectivity index (χ0n) is 10.6. The lowest BCUT2D eigenvalue weighted by Gasteiger charge is -2.10. The lowest BCUT2D eigenvalue weighted by Crippen LogP contribution is -2.24. The number of fused-ring (bicyclic) bond motifs is 1. The molecule has 2 aromatic rings. The van der Waals surface area contributed by atoms with E-state index in [1.54, 1.807) is 6.07 Å². The molecule has 0 aliphatic carbocycles. The SMILES string of the molecule is O=C(O)c1cc(-c2cccc(F)c2)c(=O)n2c1CCC2. The summed E-state index contributed by atoms with van der Waals surface area (Å²) in [6, 6.07) is 6.99. The van der Waals surface area contributed by atoms with Gasteiger partial charge in [0.15, 0.2) is 0 Å². The fraction of sp³-hybridized carbons (Fsp3) is 0.200. The number of aromatic nitrogens is 1. The van der Waals surface area contributed by atoms with Crippen molar-refractivity contribution in [3.05, 3.63) is 57.8 Å². The topological polar surface area (TPSA) is 59.3 Å². The zero-order chi connectivity index (χ0) is 14.3. The van der Waals surface area contributed by atoms with Crippen molar-refractivity contribution in [1.29, 1.82) is 0 Å². The molecule has 0 unspecified atom stereocenters. The lowest BCUT2D eigenvalue weighted by molar-refractivity contribution is 0.0695. The van der Waals surface area contributed by atoms with Crippen LogP contribution in [0.5, 0.6) is 0 Å². The van der Waals surface area contributed by atoms with Crippen LogP contribution >= 0.6 is 0 Å². The molecule has 0 saturated carbocycles. The number of pyridine rings is 1. The third-order valence-electron chi connectivity index (χ3n) is 3.56. The summed E-state index contributed by atoms with van der Waals surface area (Å²) in [6.07, 6.45) is 1.34. The first-order chi connectivity index (χ1) is 9.58. The Bertz CT molecular complexity index is 764. The molecule has 4 nitrogen and oxygen atoms in total. The van der Waals surface area contributed by atoms with Gasteiger partial charge in [-0.15, -0.1) is 0 Å². The molecule has 0 spiro atoms. The summed E-state index contributed by atoms with van der Waals surface area (Å²) in [7, 11) is 0. The van der Waals surface area contributed by atoms with Crippen LogP contribution < -0.4 is 5.56 Å². The largest absolute Gasteiger partial charge is 0.478 e.